The van der Waals surface area contributed by atoms with Gasteiger partial charge in [0.1, 0.15) is 0 Å². The number of fused-ring (bicyclic) bond motifs is 1. The Morgan fingerprint density at radius 2 is 2.06 bits per heavy atom. The molecule has 6 heteroatoms. The van der Waals surface area contributed by atoms with E-state index in [9.17, 15) is 9.90 Å². The number of hydrogen-bond acceptors (Lipinski definition) is 5. The molecule has 0 unspecified atom stereocenters. The van der Waals surface area contributed by atoms with E-state index in [1.165, 1.54) is 18.4 Å². The molecule has 1 N–H and O–H groups in total. The van der Waals surface area contributed by atoms with Crippen molar-refractivity contribution in [1.82, 2.24) is 0 Å². The van der Waals surface area contributed by atoms with Crippen LogP contribution < -0.4 is 4.90 Å². The van der Waals surface area contributed by atoms with Gasteiger partial charge in [0.05, 0.1) is 24.0 Å². The molecular formula is C28H34ClNO3S. The molecule has 0 spiro atoms. The molecule has 4 nitrogen and oxygen atoms in total. The Bertz CT molecular complexity index is 1180. The lowest BCUT2D eigenvalue weighted by molar-refractivity contribution is 0.0599. The summed E-state index contributed by atoms with van der Waals surface area (Å²) in [4.78, 5) is 16.4. The Hall–Kier alpha value is -2.08. The van der Waals surface area contributed by atoms with Crippen molar-refractivity contribution in [3.05, 3.63) is 51.9 Å². The highest BCUT2D eigenvalue weighted by molar-refractivity contribution is 7.19. The van der Waals surface area contributed by atoms with Gasteiger partial charge in [0.15, 0.2) is 0 Å². The molecule has 0 amide bonds. The molecule has 0 radical (unpaired) electrons. The van der Waals surface area contributed by atoms with Crippen LogP contribution in [0.15, 0.2) is 36.4 Å². The molecule has 1 saturated heterocycles. The van der Waals surface area contributed by atoms with Crippen molar-refractivity contribution < 1.29 is 14.6 Å². The quantitative estimate of drug-likeness (QED) is 0.342. The van der Waals surface area contributed by atoms with Crippen LogP contribution in [0, 0.1) is 12.8 Å². The van der Waals surface area contributed by atoms with Crippen LogP contribution in [-0.2, 0) is 4.74 Å². The lowest BCUT2D eigenvalue weighted by Crippen LogP contribution is -2.36. The van der Waals surface area contributed by atoms with Crippen LogP contribution in [-0.4, -0.2) is 36.9 Å². The van der Waals surface area contributed by atoms with E-state index in [1.54, 1.807) is 11.3 Å². The summed E-state index contributed by atoms with van der Waals surface area (Å²) in [6.07, 6.45) is 5.21. The number of esters is 1. The van der Waals surface area contributed by atoms with Gasteiger partial charge in [-0.25, -0.2) is 4.79 Å². The number of piperidine rings is 1. The summed E-state index contributed by atoms with van der Waals surface area (Å²) in [5.41, 5.74) is 3.12. The fourth-order valence-corrected chi connectivity index (χ4v) is 6.50. The van der Waals surface area contributed by atoms with Gasteiger partial charge in [-0.1, -0.05) is 30.2 Å². The summed E-state index contributed by atoms with van der Waals surface area (Å²) >= 11 is 7.93. The normalized spacial score (nSPS) is 16.8. The predicted molar refractivity (Wildman–Crippen MR) is 143 cm³/mol. The van der Waals surface area contributed by atoms with Gasteiger partial charge in [-0.15, -0.1) is 11.3 Å². The smallest absolute Gasteiger partial charge is 0.339 e. The first-order valence-electron chi connectivity index (χ1n) is 12.0. The maximum atomic E-state index is 12.9. The zero-order valence-electron chi connectivity index (χ0n) is 20.5. The molecule has 182 valence electrons. The highest BCUT2D eigenvalue weighted by Crippen LogP contribution is 2.41. The van der Waals surface area contributed by atoms with E-state index in [0.29, 0.717) is 11.5 Å². The van der Waals surface area contributed by atoms with Crippen LogP contribution in [0.25, 0.3) is 21.2 Å². The summed E-state index contributed by atoms with van der Waals surface area (Å²) in [5, 5.41) is 11.9. The fourth-order valence-electron chi connectivity index (χ4n) is 5.14. The second kappa shape index (κ2) is 10.3. The molecule has 1 fully saturated rings. The molecule has 34 heavy (non-hydrogen) atoms. The van der Waals surface area contributed by atoms with Crippen LogP contribution >= 0.6 is 22.9 Å². The van der Waals surface area contributed by atoms with Crippen LogP contribution in [0.4, 0.5) is 5.69 Å². The molecule has 1 aromatic heterocycles. The van der Waals surface area contributed by atoms with Gasteiger partial charge in [0.2, 0.25) is 0 Å². The third-order valence-corrected chi connectivity index (χ3v) is 8.08. The third kappa shape index (κ3) is 5.59. The van der Waals surface area contributed by atoms with Crippen molar-refractivity contribution in [3.8, 4) is 11.1 Å². The average Bonchev–Trinajstić information content (AvgIpc) is 3.12. The van der Waals surface area contributed by atoms with E-state index in [4.69, 9.17) is 16.3 Å². The van der Waals surface area contributed by atoms with Crippen LogP contribution in [0.5, 0.6) is 0 Å². The summed E-state index contributed by atoms with van der Waals surface area (Å²) in [6, 6.07) is 12.2. The first-order valence-corrected chi connectivity index (χ1v) is 13.2. The molecule has 3 aromatic rings. The first kappa shape index (κ1) is 25.0. The number of nitrogens with zero attached hydrogens (tertiary/aromatic N) is 1. The zero-order valence-corrected chi connectivity index (χ0v) is 22.1. The molecule has 2 aromatic carbocycles. The summed E-state index contributed by atoms with van der Waals surface area (Å²) < 4.78 is 6.34. The van der Waals surface area contributed by atoms with Crippen molar-refractivity contribution in [2.24, 2.45) is 5.92 Å². The van der Waals surface area contributed by atoms with Crippen molar-refractivity contribution in [2.45, 2.75) is 58.5 Å². The number of aliphatic hydroxyl groups is 1. The van der Waals surface area contributed by atoms with E-state index in [0.717, 1.165) is 70.7 Å². The fraction of sp³-hybridized carbons (Fsp3) is 0.464. The second-order valence-corrected chi connectivity index (χ2v) is 11.7. The van der Waals surface area contributed by atoms with Crippen LogP contribution in [0.1, 0.15) is 61.2 Å². The maximum absolute atomic E-state index is 12.9. The number of carbonyl (C=O) groups excluding carboxylic acids is 1. The lowest BCUT2D eigenvalue weighted by Gasteiger charge is -2.35. The van der Waals surface area contributed by atoms with Gasteiger partial charge in [0, 0.05) is 38.6 Å². The summed E-state index contributed by atoms with van der Waals surface area (Å²) in [5.74, 6) is 0.260. The number of aryl methyl sites for hydroxylation is 1. The SMILES string of the molecule is COC(=O)c1cc(-c2c(C)sc3cc(Cl)ccc23)ccc1N1CCC[C@H](CCCC(C)(C)O)C1. The zero-order chi connectivity index (χ0) is 24.5. The molecule has 0 saturated carbocycles. The predicted octanol–water partition coefficient (Wildman–Crippen LogP) is 7.47. The Labute approximate surface area is 211 Å². The minimum absolute atomic E-state index is 0.304. The van der Waals surface area contributed by atoms with Crippen molar-refractivity contribution >= 4 is 44.7 Å². The Morgan fingerprint density at radius 1 is 1.26 bits per heavy atom. The summed E-state index contributed by atoms with van der Waals surface area (Å²) in [7, 11) is 1.45. The average molecular weight is 500 g/mol. The number of carbonyl (C=O) groups is 1. The number of methoxy groups -OCH3 is 1. The number of hydrogen-bond donors (Lipinski definition) is 1. The molecule has 1 aliphatic rings. The Morgan fingerprint density at radius 3 is 2.79 bits per heavy atom. The van der Waals surface area contributed by atoms with E-state index in [-0.39, 0.29) is 5.97 Å². The van der Waals surface area contributed by atoms with Gasteiger partial charge < -0.3 is 14.7 Å². The van der Waals surface area contributed by atoms with Crippen LogP contribution in [0.2, 0.25) is 5.02 Å². The van der Waals surface area contributed by atoms with Gasteiger partial charge in [0.25, 0.3) is 0 Å². The van der Waals surface area contributed by atoms with E-state index >= 15 is 0 Å². The topological polar surface area (TPSA) is 49.8 Å². The second-order valence-electron chi connectivity index (χ2n) is 10.1. The molecule has 2 heterocycles. The molecule has 0 bridgehead atoms. The number of ether oxygens (including phenoxy) is 1. The largest absolute Gasteiger partial charge is 0.465 e. The molecule has 0 aliphatic carbocycles. The van der Waals surface area contributed by atoms with Crippen molar-refractivity contribution in [1.29, 1.82) is 0 Å². The van der Waals surface area contributed by atoms with E-state index < -0.39 is 5.60 Å². The Kier molecular flexibility index (Phi) is 7.56. The van der Waals surface area contributed by atoms with E-state index in [1.807, 2.05) is 32.0 Å². The Balaban J connectivity index is 1.63. The standard InChI is InChI=1S/C28H34ClNO3S/c1-18-26(22-11-10-21(29)16-25(22)34-18)20-9-12-24(23(15-20)27(31)33-4)30-14-6-8-19(17-30)7-5-13-28(2,3)32/h9-12,15-16,19,32H,5-8,13-14,17H2,1-4H3/t19-/m0/s1. The molecular weight excluding hydrogens is 466 g/mol. The highest BCUT2D eigenvalue weighted by atomic mass is 35.5. The minimum atomic E-state index is -0.614. The van der Waals surface area contributed by atoms with Gasteiger partial charge >= 0.3 is 5.97 Å². The van der Waals surface area contributed by atoms with Gasteiger partial charge in [-0.3, -0.25) is 0 Å². The summed E-state index contributed by atoms with van der Waals surface area (Å²) in [6.45, 7) is 7.72. The highest BCUT2D eigenvalue weighted by Gasteiger charge is 2.25. The number of thiophene rings is 1. The lowest BCUT2D eigenvalue weighted by atomic mass is 9.89. The van der Waals surface area contributed by atoms with Gasteiger partial charge in [-0.05, 0) is 82.2 Å². The minimum Gasteiger partial charge on any atom is -0.465 e. The first-order chi connectivity index (χ1) is 16.2. The van der Waals surface area contributed by atoms with Crippen molar-refractivity contribution in [3.63, 3.8) is 0 Å². The molecule has 4 rings (SSSR count). The monoisotopic (exact) mass is 499 g/mol. The third-order valence-electron chi connectivity index (χ3n) is 6.78. The van der Waals surface area contributed by atoms with E-state index in [2.05, 4.69) is 30.0 Å². The molecule has 1 aliphatic heterocycles. The number of anilines is 1. The number of halogens is 1. The number of benzene rings is 2. The van der Waals surface area contributed by atoms with Crippen LogP contribution in [0.3, 0.4) is 0 Å². The van der Waals surface area contributed by atoms with Crippen molar-refractivity contribution in [2.75, 3.05) is 25.1 Å². The van der Waals surface area contributed by atoms with Gasteiger partial charge in [-0.2, -0.15) is 0 Å². The number of rotatable bonds is 7. The molecule has 1 atom stereocenters. The maximum Gasteiger partial charge on any atom is 0.339 e.